The van der Waals surface area contributed by atoms with Gasteiger partial charge >= 0.3 is 11.8 Å². The van der Waals surface area contributed by atoms with Crippen LogP contribution in [0.15, 0.2) is 54.9 Å². The number of nitrogens with zero attached hydrogens (tertiary/aromatic N) is 4. The first-order chi connectivity index (χ1) is 17.2. The lowest BCUT2D eigenvalue weighted by Gasteiger charge is -2.40. The van der Waals surface area contributed by atoms with E-state index in [-0.39, 0.29) is 6.04 Å². The summed E-state index contributed by atoms with van der Waals surface area (Å²) in [5.74, 6) is -1.17. The monoisotopic (exact) mass is 480 g/mol. The van der Waals surface area contributed by atoms with Crippen LogP contribution in [0.25, 0.3) is 0 Å². The second kappa shape index (κ2) is 13.2. The fraction of sp³-hybridized carbons (Fsp3) is 0.500. The van der Waals surface area contributed by atoms with Crippen LogP contribution in [0.4, 0.5) is 5.69 Å². The highest BCUT2D eigenvalue weighted by Crippen LogP contribution is 2.23. The third-order valence-corrected chi connectivity index (χ3v) is 6.65. The van der Waals surface area contributed by atoms with Crippen LogP contribution in [0.5, 0.6) is 0 Å². The van der Waals surface area contributed by atoms with E-state index < -0.39 is 11.8 Å². The molecule has 2 aliphatic heterocycles. The highest BCUT2D eigenvalue weighted by Gasteiger charge is 2.26. The first-order valence-corrected chi connectivity index (χ1v) is 12.5. The molecule has 1 aromatic heterocycles. The van der Waals surface area contributed by atoms with Crippen LogP contribution in [-0.2, 0) is 14.3 Å². The summed E-state index contributed by atoms with van der Waals surface area (Å²) in [7, 11) is 0. The maximum Gasteiger partial charge on any atom is 0.309 e. The molecule has 2 aromatic rings. The molecule has 1 atom stereocenters. The predicted octanol–water partition coefficient (Wildman–Crippen LogP) is 0.900. The molecule has 2 N–H and O–H groups in total. The van der Waals surface area contributed by atoms with Gasteiger partial charge in [0.2, 0.25) is 0 Å². The van der Waals surface area contributed by atoms with Crippen molar-refractivity contribution >= 4 is 17.5 Å². The van der Waals surface area contributed by atoms with E-state index in [0.29, 0.717) is 13.1 Å². The summed E-state index contributed by atoms with van der Waals surface area (Å²) in [5, 5.41) is 5.60. The zero-order valence-corrected chi connectivity index (χ0v) is 20.3. The minimum Gasteiger partial charge on any atom is -0.379 e. The number of ether oxygens (including phenoxy) is 1. The maximum atomic E-state index is 12.5. The van der Waals surface area contributed by atoms with Crippen molar-refractivity contribution in [2.45, 2.75) is 12.5 Å². The minimum absolute atomic E-state index is 0.0420. The number of amides is 2. The molecule has 2 aliphatic rings. The fourth-order valence-corrected chi connectivity index (χ4v) is 4.64. The lowest BCUT2D eigenvalue weighted by Crippen LogP contribution is -2.51. The van der Waals surface area contributed by atoms with Gasteiger partial charge in [0.25, 0.3) is 0 Å². The van der Waals surface area contributed by atoms with Crippen LogP contribution in [-0.4, -0.2) is 98.7 Å². The van der Waals surface area contributed by atoms with Crippen molar-refractivity contribution in [1.82, 2.24) is 25.4 Å². The van der Waals surface area contributed by atoms with Crippen molar-refractivity contribution in [3.05, 3.63) is 60.4 Å². The number of rotatable bonds is 9. The fourth-order valence-electron chi connectivity index (χ4n) is 4.64. The summed E-state index contributed by atoms with van der Waals surface area (Å²) < 4.78 is 5.35. The Hall–Kier alpha value is -3.01. The summed E-state index contributed by atoms with van der Waals surface area (Å²) in [6, 6.07) is 14.3. The smallest absolute Gasteiger partial charge is 0.309 e. The number of piperazine rings is 1. The normalized spacial score (nSPS) is 18.1. The number of morpholine rings is 1. The molecule has 35 heavy (non-hydrogen) atoms. The summed E-state index contributed by atoms with van der Waals surface area (Å²) in [5.41, 5.74) is 2.26. The second-order valence-corrected chi connectivity index (χ2v) is 8.93. The van der Waals surface area contributed by atoms with E-state index in [1.165, 1.54) is 5.69 Å². The van der Waals surface area contributed by atoms with Gasteiger partial charge in [-0.1, -0.05) is 24.3 Å². The van der Waals surface area contributed by atoms with Crippen LogP contribution in [0.3, 0.4) is 0 Å². The average Bonchev–Trinajstić information content (AvgIpc) is 2.93. The zero-order valence-electron chi connectivity index (χ0n) is 20.3. The Kier molecular flexibility index (Phi) is 9.45. The van der Waals surface area contributed by atoms with Crippen molar-refractivity contribution in [2.75, 3.05) is 77.0 Å². The van der Waals surface area contributed by atoms with E-state index >= 15 is 0 Å². The van der Waals surface area contributed by atoms with Gasteiger partial charge in [-0.15, -0.1) is 0 Å². The molecule has 0 spiro atoms. The molecule has 0 unspecified atom stereocenters. The zero-order chi connectivity index (χ0) is 24.3. The molecule has 3 heterocycles. The number of benzene rings is 1. The number of nitrogens with one attached hydrogen (secondary N) is 2. The van der Waals surface area contributed by atoms with E-state index in [4.69, 9.17) is 4.74 Å². The van der Waals surface area contributed by atoms with Gasteiger partial charge in [0.05, 0.1) is 19.3 Å². The number of hydrogen-bond donors (Lipinski definition) is 2. The van der Waals surface area contributed by atoms with E-state index in [1.54, 1.807) is 6.20 Å². The predicted molar refractivity (Wildman–Crippen MR) is 135 cm³/mol. The van der Waals surface area contributed by atoms with Crippen LogP contribution in [0.2, 0.25) is 0 Å². The molecule has 9 nitrogen and oxygen atoms in total. The Bertz CT molecular complexity index is 915. The summed E-state index contributed by atoms with van der Waals surface area (Å²) >= 11 is 0. The van der Waals surface area contributed by atoms with Gasteiger partial charge in [0, 0.05) is 70.4 Å². The first kappa shape index (κ1) is 25.1. The lowest BCUT2D eigenvalue weighted by molar-refractivity contribution is -0.139. The second-order valence-electron chi connectivity index (χ2n) is 8.93. The third kappa shape index (κ3) is 7.48. The molecular formula is C26H36N6O3. The molecule has 9 heteroatoms. The number of anilines is 1. The molecule has 2 fully saturated rings. The Morgan fingerprint density at radius 3 is 2.37 bits per heavy atom. The van der Waals surface area contributed by atoms with Crippen molar-refractivity contribution < 1.29 is 14.3 Å². The highest BCUT2D eigenvalue weighted by molar-refractivity contribution is 6.35. The van der Waals surface area contributed by atoms with Crippen LogP contribution in [0.1, 0.15) is 18.0 Å². The molecule has 0 saturated carbocycles. The number of aromatic nitrogens is 1. The van der Waals surface area contributed by atoms with Crippen molar-refractivity contribution in [2.24, 2.45) is 0 Å². The quantitative estimate of drug-likeness (QED) is 0.407. The molecular weight excluding hydrogens is 444 g/mol. The molecule has 4 rings (SSSR count). The highest BCUT2D eigenvalue weighted by atomic mass is 16.5. The van der Waals surface area contributed by atoms with Gasteiger partial charge in [-0.3, -0.25) is 24.4 Å². The molecule has 2 saturated heterocycles. The SMILES string of the molecule is O=C(NCCCN1CCOCC1)C(=O)NC[C@H](c1cccnc1)N1CCN(c2ccccc2)CC1. The summed E-state index contributed by atoms with van der Waals surface area (Å²) in [6.07, 6.45) is 4.39. The largest absolute Gasteiger partial charge is 0.379 e. The van der Waals surface area contributed by atoms with Crippen molar-refractivity contribution in [3.8, 4) is 0 Å². The van der Waals surface area contributed by atoms with Gasteiger partial charge in [0.15, 0.2) is 0 Å². The van der Waals surface area contributed by atoms with Gasteiger partial charge in [0.1, 0.15) is 0 Å². The van der Waals surface area contributed by atoms with Crippen molar-refractivity contribution in [3.63, 3.8) is 0 Å². The summed E-state index contributed by atoms with van der Waals surface area (Å²) in [6.45, 7) is 8.61. The number of hydrogen-bond acceptors (Lipinski definition) is 7. The van der Waals surface area contributed by atoms with Crippen LogP contribution >= 0.6 is 0 Å². The lowest BCUT2D eigenvalue weighted by atomic mass is 10.1. The van der Waals surface area contributed by atoms with Gasteiger partial charge < -0.3 is 20.3 Å². The van der Waals surface area contributed by atoms with Crippen LogP contribution in [0, 0.1) is 0 Å². The Morgan fingerprint density at radius 2 is 1.66 bits per heavy atom. The average molecular weight is 481 g/mol. The Morgan fingerprint density at radius 1 is 0.914 bits per heavy atom. The minimum atomic E-state index is -0.590. The number of para-hydroxylation sites is 1. The Labute approximate surface area is 207 Å². The summed E-state index contributed by atoms with van der Waals surface area (Å²) in [4.78, 5) is 36.1. The Balaban J connectivity index is 1.25. The van der Waals surface area contributed by atoms with Gasteiger partial charge in [-0.2, -0.15) is 0 Å². The molecule has 1 aromatic carbocycles. The molecule has 188 valence electrons. The first-order valence-electron chi connectivity index (χ1n) is 12.5. The number of carbonyl (C=O) groups excluding carboxylic acids is 2. The number of carbonyl (C=O) groups is 2. The third-order valence-electron chi connectivity index (χ3n) is 6.65. The maximum absolute atomic E-state index is 12.5. The molecule has 2 amide bonds. The van der Waals surface area contributed by atoms with Gasteiger partial charge in [-0.05, 0) is 36.7 Å². The van der Waals surface area contributed by atoms with E-state index in [0.717, 1.165) is 71.0 Å². The molecule has 0 radical (unpaired) electrons. The van der Waals surface area contributed by atoms with Gasteiger partial charge in [-0.25, -0.2) is 0 Å². The van der Waals surface area contributed by atoms with E-state index in [2.05, 4.69) is 54.6 Å². The van der Waals surface area contributed by atoms with E-state index in [9.17, 15) is 9.59 Å². The topological polar surface area (TPSA) is 90.0 Å². The van der Waals surface area contributed by atoms with Crippen LogP contribution < -0.4 is 15.5 Å². The molecule has 0 aliphatic carbocycles. The number of pyridine rings is 1. The standard InChI is InChI=1S/C26H36N6O3/c33-25(28-10-5-11-30-16-18-35-19-17-30)26(34)29-21-24(22-6-4-9-27-20-22)32-14-12-31(13-15-32)23-7-2-1-3-8-23/h1-4,6-9,20,24H,5,10-19,21H2,(H,28,33)(H,29,34)/t24-/m1/s1. The molecule has 0 bridgehead atoms. The van der Waals surface area contributed by atoms with Crippen molar-refractivity contribution in [1.29, 1.82) is 0 Å². The van der Waals surface area contributed by atoms with E-state index in [1.807, 2.05) is 24.4 Å².